The summed E-state index contributed by atoms with van der Waals surface area (Å²) in [6, 6.07) is 11.2. The highest BCUT2D eigenvalue weighted by atomic mass is 35.5. The molecule has 0 aliphatic carbocycles. The fourth-order valence-electron chi connectivity index (χ4n) is 3.25. The van der Waals surface area contributed by atoms with E-state index in [4.69, 9.17) is 11.6 Å². The Morgan fingerprint density at radius 3 is 2.47 bits per heavy atom. The summed E-state index contributed by atoms with van der Waals surface area (Å²) in [5.74, 6) is -0.948. The molecule has 3 amide bonds. The van der Waals surface area contributed by atoms with Gasteiger partial charge in [-0.1, -0.05) is 29.8 Å². The van der Waals surface area contributed by atoms with E-state index in [9.17, 15) is 22.8 Å². The van der Waals surface area contributed by atoms with Crippen LogP contribution in [0.4, 0.5) is 23.7 Å². The van der Waals surface area contributed by atoms with Crippen molar-refractivity contribution >= 4 is 40.1 Å². The first-order valence-corrected chi connectivity index (χ1v) is 9.10. The van der Waals surface area contributed by atoms with Crippen LogP contribution < -0.4 is 9.64 Å². The highest BCUT2D eigenvalue weighted by molar-refractivity contribution is 6.32. The molecule has 0 atom stereocenters. The van der Waals surface area contributed by atoms with Crippen molar-refractivity contribution in [2.75, 3.05) is 11.4 Å². The lowest BCUT2D eigenvalue weighted by atomic mass is 10.1. The molecule has 2 heterocycles. The SMILES string of the molecule is O=C1CN(Cc2c(Cl)cnc3ccccc23)C(=O)N1c1ccc(OC(F)(F)F)cc1. The number of hydrogen-bond acceptors (Lipinski definition) is 4. The quantitative estimate of drug-likeness (QED) is 0.554. The van der Waals surface area contributed by atoms with Crippen molar-refractivity contribution in [3.8, 4) is 5.75 Å². The van der Waals surface area contributed by atoms with E-state index in [-0.39, 0.29) is 18.8 Å². The summed E-state index contributed by atoms with van der Waals surface area (Å²) < 4.78 is 40.7. The number of benzene rings is 2. The van der Waals surface area contributed by atoms with E-state index in [1.54, 1.807) is 0 Å². The average Bonchev–Trinajstić information content (AvgIpc) is 2.97. The molecule has 0 N–H and O–H groups in total. The van der Waals surface area contributed by atoms with Crippen molar-refractivity contribution in [2.45, 2.75) is 12.9 Å². The largest absolute Gasteiger partial charge is 0.573 e. The molecule has 154 valence electrons. The van der Waals surface area contributed by atoms with Gasteiger partial charge >= 0.3 is 12.4 Å². The maximum atomic E-state index is 12.8. The molecule has 3 aromatic rings. The van der Waals surface area contributed by atoms with E-state index in [1.165, 1.54) is 23.2 Å². The van der Waals surface area contributed by atoms with Gasteiger partial charge in [-0.15, -0.1) is 13.2 Å². The van der Waals surface area contributed by atoms with Crippen molar-refractivity contribution in [3.63, 3.8) is 0 Å². The predicted octanol–water partition coefficient (Wildman–Crippen LogP) is 4.76. The number of nitrogens with zero attached hydrogens (tertiary/aromatic N) is 3. The van der Waals surface area contributed by atoms with Crippen LogP contribution in [0.2, 0.25) is 5.02 Å². The first kappa shape index (κ1) is 20.0. The van der Waals surface area contributed by atoms with Crippen LogP contribution in [0.3, 0.4) is 0 Å². The van der Waals surface area contributed by atoms with Crippen LogP contribution in [0.15, 0.2) is 54.7 Å². The third-order valence-electron chi connectivity index (χ3n) is 4.55. The van der Waals surface area contributed by atoms with Gasteiger partial charge in [-0.05, 0) is 30.3 Å². The van der Waals surface area contributed by atoms with E-state index in [0.717, 1.165) is 22.4 Å². The molecule has 0 spiro atoms. The number of imide groups is 1. The van der Waals surface area contributed by atoms with Crippen molar-refractivity contribution in [2.24, 2.45) is 0 Å². The van der Waals surface area contributed by atoms with E-state index in [1.807, 2.05) is 24.3 Å². The second-order valence-electron chi connectivity index (χ2n) is 6.51. The fraction of sp³-hybridized carbons (Fsp3) is 0.150. The normalized spacial score (nSPS) is 14.7. The summed E-state index contributed by atoms with van der Waals surface area (Å²) in [6.45, 7) is -0.106. The van der Waals surface area contributed by atoms with Gasteiger partial charge in [0.2, 0.25) is 0 Å². The summed E-state index contributed by atoms with van der Waals surface area (Å²) >= 11 is 6.28. The molecule has 1 aromatic heterocycles. The molecule has 1 fully saturated rings. The summed E-state index contributed by atoms with van der Waals surface area (Å²) in [6.07, 6.45) is -3.34. The van der Waals surface area contributed by atoms with Gasteiger partial charge in [0, 0.05) is 17.1 Å². The second kappa shape index (κ2) is 7.49. The highest BCUT2D eigenvalue weighted by Crippen LogP contribution is 2.30. The van der Waals surface area contributed by atoms with Gasteiger partial charge in [0.15, 0.2) is 0 Å². The molecular formula is C20H13ClF3N3O3. The Morgan fingerprint density at radius 2 is 1.77 bits per heavy atom. The zero-order valence-corrected chi connectivity index (χ0v) is 15.9. The third-order valence-corrected chi connectivity index (χ3v) is 4.87. The number of urea groups is 1. The van der Waals surface area contributed by atoms with Crippen molar-refractivity contribution in [3.05, 3.63) is 65.3 Å². The molecule has 30 heavy (non-hydrogen) atoms. The lowest BCUT2D eigenvalue weighted by Crippen LogP contribution is -2.32. The number of rotatable bonds is 4. The number of carbonyl (C=O) groups is 2. The number of hydrogen-bond donors (Lipinski definition) is 0. The monoisotopic (exact) mass is 435 g/mol. The van der Waals surface area contributed by atoms with Crippen molar-refractivity contribution < 1.29 is 27.5 Å². The first-order chi connectivity index (χ1) is 14.2. The summed E-state index contributed by atoms with van der Waals surface area (Å²) in [7, 11) is 0. The van der Waals surface area contributed by atoms with Gasteiger partial charge in [-0.25, -0.2) is 9.69 Å². The Morgan fingerprint density at radius 1 is 1.07 bits per heavy atom. The number of carbonyl (C=O) groups excluding carboxylic acids is 2. The van der Waals surface area contributed by atoms with Gasteiger partial charge in [-0.2, -0.15) is 0 Å². The molecule has 0 unspecified atom stereocenters. The van der Waals surface area contributed by atoms with Crippen LogP contribution in [-0.2, 0) is 11.3 Å². The number of anilines is 1. The Kier molecular flexibility index (Phi) is 4.98. The number of amides is 3. The molecule has 10 heteroatoms. The van der Waals surface area contributed by atoms with Crippen molar-refractivity contribution in [1.82, 2.24) is 9.88 Å². The lowest BCUT2D eigenvalue weighted by molar-refractivity contribution is -0.274. The predicted molar refractivity (Wildman–Crippen MR) is 103 cm³/mol. The van der Waals surface area contributed by atoms with Crippen molar-refractivity contribution in [1.29, 1.82) is 0 Å². The lowest BCUT2D eigenvalue weighted by Gasteiger charge is -2.19. The number of para-hydroxylation sites is 1. The minimum atomic E-state index is -4.83. The first-order valence-electron chi connectivity index (χ1n) is 8.73. The molecule has 0 bridgehead atoms. The number of alkyl halides is 3. The fourth-order valence-corrected chi connectivity index (χ4v) is 3.46. The van der Waals surface area contributed by atoms with Gasteiger partial charge in [0.1, 0.15) is 12.3 Å². The maximum Gasteiger partial charge on any atom is 0.573 e. The molecule has 6 nitrogen and oxygen atoms in total. The second-order valence-corrected chi connectivity index (χ2v) is 6.92. The zero-order chi connectivity index (χ0) is 21.5. The Bertz CT molecular complexity index is 1140. The number of halogens is 4. The van der Waals surface area contributed by atoms with Crippen LogP contribution in [0.25, 0.3) is 10.9 Å². The van der Waals surface area contributed by atoms with Gasteiger partial charge < -0.3 is 9.64 Å². The maximum absolute atomic E-state index is 12.8. The van der Waals surface area contributed by atoms with Crippen LogP contribution in [-0.4, -0.2) is 34.7 Å². The number of ether oxygens (including phenoxy) is 1. The Hall–Kier alpha value is -3.33. The minimum Gasteiger partial charge on any atom is -0.406 e. The Balaban J connectivity index is 1.57. The zero-order valence-electron chi connectivity index (χ0n) is 15.2. The van der Waals surface area contributed by atoms with Gasteiger partial charge in [0.05, 0.1) is 22.8 Å². The third kappa shape index (κ3) is 3.88. The van der Waals surface area contributed by atoms with Crippen LogP contribution in [0, 0.1) is 0 Å². The molecular weight excluding hydrogens is 423 g/mol. The highest BCUT2D eigenvalue weighted by Gasteiger charge is 2.38. The Labute approximate surface area is 173 Å². The number of fused-ring (bicyclic) bond motifs is 1. The van der Waals surface area contributed by atoms with Crippen LogP contribution in [0.5, 0.6) is 5.75 Å². The van der Waals surface area contributed by atoms with E-state index in [2.05, 4.69) is 9.72 Å². The smallest absolute Gasteiger partial charge is 0.406 e. The molecule has 4 rings (SSSR count). The van der Waals surface area contributed by atoms with Crippen LogP contribution in [0.1, 0.15) is 5.56 Å². The standard InChI is InChI=1S/C20H13ClF3N3O3/c21-16-9-25-17-4-2-1-3-14(17)15(16)10-26-11-18(28)27(19(26)29)12-5-7-13(8-6-12)30-20(22,23)24/h1-9H,10-11H2. The van der Waals surface area contributed by atoms with Crippen LogP contribution >= 0.6 is 11.6 Å². The topological polar surface area (TPSA) is 62.7 Å². The number of pyridine rings is 1. The minimum absolute atomic E-state index is 0.0816. The molecule has 1 saturated heterocycles. The van der Waals surface area contributed by atoms with Gasteiger partial charge in [0.25, 0.3) is 5.91 Å². The molecule has 1 aliphatic rings. The van der Waals surface area contributed by atoms with E-state index < -0.39 is 24.1 Å². The van der Waals surface area contributed by atoms with E-state index in [0.29, 0.717) is 16.1 Å². The average molecular weight is 436 g/mol. The molecule has 0 saturated carbocycles. The molecule has 0 radical (unpaired) electrons. The number of aromatic nitrogens is 1. The van der Waals surface area contributed by atoms with E-state index >= 15 is 0 Å². The summed E-state index contributed by atoms with van der Waals surface area (Å²) in [4.78, 5) is 31.8. The summed E-state index contributed by atoms with van der Waals surface area (Å²) in [5, 5.41) is 1.12. The molecule has 2 aromatic carbocycles. The molecule has 1 aliphatic heterocycles. The summed E-state index contributed by atoms with van der Waals surface area (Å²) in [5.41, 5.74) is 1.50. The van der Waals surface area contributed by atoms with Gasteiger partial charge in [-0.3, -0.25) is 9.78 Å².